The van der Waals surface area contributed by atoms with Gasteiger partial charge in [-0.1, -0.05) is 11.6 Å². The number of benzene rings is 1. The van der Waals surface area contributed by atoms with Gasteiger partial charge in [0.05, 0.1) is 16.9 Å². The summed E-state index contributed by atoms with van der Waals surface area (Å²) in [5, 5.41) is 0.661. The molecular formula is C13H13BrClNOS. The minimum atomic E-state index is -0.228. The lowest BCUT2D eigenvalue weighted by molar-refractivity contribution is 0.408. The van der Waals surface area contributed by atoms with Crippen LogP contribution in [-0.4, -0.2) is 7.11 Å². The van der Waals surface area contributed by atoms with E-state index in [1.54, 1.807) is 24.5 Å². The molecule has 0 radical (unpaired) electrons. The monoisotopic (exact) mass is 345 g/mol. The zero-order valence-electron chi connectivity index (χ0n) is 10.0. The number of hydrogen-bond donors (Lipinski definition) is 1. The maximum absolute atomic E-state index is 6.29. The van der Waals surface area contributed by atoms with Crippen molar-refractivity contribution in [2.45, 2.75) is 13.0 Å². The van der Waals surface area contributed by atoms with Crippen molar-refractivity contribution in [2.24, 2.45) is 5.73 Å². The van der Waals surface area contributed by atoms with Gasteiger partial charge in [0.15, 0.2) is 0 Å². The van der Waals surface area contributed by atoms with Crippen LogP contribution in [0.15, 0.2) is 28.1 Å². The quantitative estimate of drug-likeness (QED) is 0.886. The Morgan fingerprint density at radius 1 is 1.39 bits per heavy atom. The van der Waals surface area contributed by atoms with Crippen LogP contribution in [0.1, 0.15) is 22.0 Å². The van der Waals surface area contributed by atoms with Gasteiger partial charge in [-0.2, -0.15) is 0 Å². The Hall–Kier alpha value is -0.550. The highest BCUT2D eigenvalue weighted by Crippen LogP contribution is 2.36. The molecule has 0 aliphatic heterocycles. The van der Waals surface area contributed by atoms with E-state index in [1.807, 2.05) is 19.1 Å². The molecule has 5 heteroatoms. The highest BCUT2D eigenvalue weighted by molar-refractivity contribution is 9.11. The predicted octanol–water partition coefficient (Wildman–Crippen LogP) is 4.53. The maximum Gasteiger partial charge on any atom is 0.124 e. The van der Waals surface area contributed by atoms with E-state index < -0.39 is 0 Å². The topological polar surface area (TPSA) is 35.2 Å². The van der Waals surface area contributed by atoms with E-state index in [4.69, 9.17) is 22.1 Å². The third-order valence-electron chi connectivity index (χ3n) is 2.71. The molecule has 0 spiro atoms. The Labute approximate surface area is 124 Å². The number of hydrogen-bond acceptors (Lipinski definition) is 3. The third-order valence-corrected chi connectivity index (χ3v) is 5.16. The largest absolute Gasteiger partial charge is 0.496 e. The molecular weight excluding hydrogens is 334 g/mol. The molecule has 1 heterocycles. The van der Waals surface area contributed by atoms with Crippen molar-refractivity contribution in [2.75, 3.05) is 7.11 Å². The number of halogens is 2. The van der Waals surface area contributed by atoms with Gasteiger partial charge < -0.3 is 10.5 Å². The molecule has 0 amide bonds. The van der Waals surface area contributed by atoms with Gasteiger partial charge in [0.1, 0.15) is 5.75 Å². The van der Waals surface area contributed by atoms with Crippen molar-refractivity contribution in [3.63, 3.8) is 0 Å². The van der Waals surface area contributed by atoms with Crippen LogP contribution in [0.2, 0.25) is 5.02 Å². The van der Waals surface area contributed by atoms with Crippen molar-refractivity contribution in [3.05, 3.63) is 49.1 Å². The van der Waals surface area contributed by atoms with Crippen molar-refractivity contribution >= 4 is 38.9 Å². The van der Waals surface area contributed by atoms with E-state index in [0.717, 1.165) is 20.0 Å². The van der Waals surface area contributed by atoms with E-state index in [9.17, 15) is 0 Å². The van der Waals surface area contributed by atoms with Gasteiger partial charge in [-0.05, 0) is 52.7 Å². The first-order valence-corrected chi connectivity index (χ1v) is 7.36. The van der Waals surface area contributed by atoms with Gasteiger partial charge in [0, 0.05) is 15.5 Å². The molecule has 0 saturated carbocycles. The zero-order valence-corrected chi connectivity index (χ0v) is 13.2. The Bertz CT molecular complexity index is 551. The smallest absolute Gasteiger partial charge is 0.124 e. The average Bonchev–Trinajstić information content (AvgIpc) is 2.68. The molecule has 18 heavy (non-hydrogen) atoms. The molecule has 0 fully saturated rings. The molecule has 1 atom stereocenters. The minimum absolute atomic E-state index is 0.228. The summed E-state index contributed by atoms with van der Waals surface area (Å²) in [6.45, 7) is 2.05. The standard InChI is InChI=1S/C13H13BrClNOS/c1-7-5-11(18-13(7)14)12(16)9-6-8(15)3-4-10(9)17-2/h3-6,12H,16H2,1-2H3. The highest BCUT2D eigenvalue weighted by atomic mass is 79.9. The molecule has 0 aliphatic rings. The van der Waals surface area contributed by atoms with Crippen molar-refractivity contribution in [1.29, 1.82) is 0 Å². The number of ether oxygens (including phenoxy) is 1. The summed E-state index contributed by atoms with van der Waals surface area (Å²) in [7, 11) is 1.63. The third kappa shape index (κ3) is 2.72. The molecule has 2 aromatic rings. The lowest BCUT2D eigenvalue weighted by atomic mass is 10.0. The molecule has 2 N–H and O–H groups in total. The molecule has 2 nitrogen and oxygen atoms in total. The Kier molecular flexibility index (Phi) is 4.33. The van der Waals surface area contributed by atoms with E-state index in [-0.39, 0.29) is 6.04 Å². The second-order valence-corrected chi connectivity index (χ2v) is 6.81. The number of thiophene rings is 1. The minimum Gasteiger partial charge on any atom is -0.496 e. The molecule has 1 unspecified atom stereocenters. The van der Waals surface area contributed by atoms with E-state index >= 15 is 0 Å². The van der Waals surface area contributed by atoms with Crippen LogP contribution < -0.4 is 10.5 Å². The van der Waals surface area contributed by atoms with Crippen LogP contribution in [0, 0.1) is 6.92 Å². The van der Waals surface area contributed by atoms with Crippen LogP contribution in [0.3, 0.4) is 0 Å². The van der Waals surface area contributed by atoms with E-state index in [2.05, 4.69) is 22.0 Å². The van der Waals surface area contributed by atoms with Crippen LogP contribution in [0.25, 0.3) is 0 Å². The van der Waals surface area contributed by atoms with Crippen molar-refractivity contribution in [3.8, 4) is 5.75 Å². The van der Waals surface area contributed by atoms with Gasteiger partial charge in [-0.3, -0.25) is 0 Å². The molecule has 1 aromatic carbocycles. The van der Waals surface area contributed by atoms with Gasteiger partial charge in [0.25, 0.3) is 0 Å². The average molecular weight is 347 g/mol. The number of methoxy groups -OCH3 is 1. The second kappa shape index (κ2) is 5.61. The summed E-state index contributed by atoms with van der Waals surface area (Å²) in [4.78, 5) is 1.08. The highest BCUT2D eigenvalue weighted by Gasteiger charge is 2.17. The summed E-state index contributed by atoms with van der Waals surface area (Å²) >= 11 is 11.2. The zero-order chi connectivity index (χ0) is 13.3. The van der Waals surface area contributed by atoms with Gasteiger partial charge >= 0.3 is 0 Å². The predicted molar refractivity (Wildman–Crippen MR) is 80.8 cm³/mol. The van der Waals surface area contributed by atoms with Crippen molar-refractivity contribution < 1.29 is 4.74 Å². The fraction of sp³-hybridized carbons (Fsp3) is 0.231. The van der Waals surface area contributed by atoms with E-state index in [1.165, 1.54) is 5.56 Å². The second-order valence-electron chi connectivity index (χ2n) is 3.97. The first kappa shape index (κ1) is 13.9. The molecule has 0 saturated heterocycles. The summed E-state index contributed by atoms with van der Waals surface area (Å²) in [5.41, 5.74) is 8.38. The first-order chi connectivity index (χ1) is 8.52. The molecule has 0 aliphatic carbocycles. The fourth-order valence-corrected chi connectivity index (χ4v) is 3.51. The Balaban J connectivity index is 2.44. The van der Waals surface area contributed by atoms with Crippen molar-refractivity contribution in [1.82, 2.24) is 0 Å². The van der Waals surface area contributed by atoms with Gasteiger partial charge in [-0.15, -0.1) is 11.3 Å². The van der Waals surface area contributed by atoms with E-state index in [0.29, 0.717) is 5.02 Å². The number of aryl methyl sites for hydroxylation is 1. The fourth-order valence-electron chi connectivity index (χ4n) is 1.74. The van der Waals surface area contributed by atoms with Gasteiger partial charge in [0.2, 0.25) is 0 Å². The number of nitrogens with two attached hydrogens (primary N) is 1. The molecule has 0 bridgehead atoms. The normalized spacial score (nSPS) is 12.5. The first-order valence-electron chi connectivity index (χ1n) is 5.37. The molecule has 96 valence electrons. The summed E-state index contributed by atoms with van der Waals surface area (Å²) in [6.07, 6.45) is 0. The summed E-state index contributed by atoms with van der Waals surface area (Å²) < 4.78 is 6.44. The van der Waals surface area contributed by atoms with Crippen LogP contribution >= 0.6 is 38.9 Å². The summed E-state index contributed by atoms with van der Waals surface area (Å²) in [6, 6.07) is 7.35. The Morgan fingerprint density at radius 3 is 2.67 bits per heavy atom. The lowest BCUT2D eigenvalue weighted by Gasteiger charge is -2.14. The number of rotatable bonds is 3. The maximum atomic E-state index is 6.29. The van der Waals surface area contributed by atoms with Crippen LogP contribution in [-0.2, 0) is 0 Å². The summed E-state index contributed by atoms with van der Waals surface area (Å²) in [5.74, 6) is 0.758. The van der Waals surface area contributed by atoms with Crippen LogP contribution in [0.4, 0.5) is 0 Å². The van der Waals surface area contributed by atoms with Gasteiger partial charge in [-0.25, -0.2) is 0 Å². The molecule has 1 aromatic heterocycles. The molecule has 2 rings (SSSR count). The Morgan fingerprint density at radius 2 is 2.11 bits per heavy atom. The lowest BCUT2D eigenvalue weighted by Crippen LogP contribution is -2.11. The SMILES string of the molecule is COc1ccc(Cl)cc1C(N)c1cc(C)c(Br)s1. The van der Waals surface area contributed by atoms with Crippen LogP contribution in [0.5, 0.6) is 5.75 Å².